The van der Waals surface area contributed by atoms with Gasteiger partial charge in [0.15, 0.2) is 5.22 Å². The summed E-state index contributed by atoms with van der Waals surface area (Å²) in [6.45, 7) is 0. The third-order valence-corrected chi connectivity index (χ3v) is 2.28. The van der Waals surface area contributed by atoms with Crippen molar-refractivity contribution in [3.63, 3.8) is 0 Å². The Hall–Kier alpha value is -1.33. The van der Waals surface area contributed by atoms with Gasteiger partial charge in [-0.25, -0.2) is 4.68 Å². The molecule has 2 aromatic rings. The topological polar surface area (TPSA) is 64.1 Å². The van der Waals surface area contributed by atoms with Crippen LogP contribution < -0.4 is 0 Å². The van der Waals surface area contributed by atoms with Crippen molar-refractivity contribution < 1.29 is 9.52 Å². The fourth-order valence-electron chi connectivity index (χ4n) is 1.20. The Kier molecular flexibility index (Phi) is 2.26. The number of aromatic nitrogens is 3. The second kappa shape index (κ2) is 3.43. The summed E-state index contributed by atoms with van der Waals surface area (Å²) in [5.41, 5.74) is 1.07. The number of nitrogens with zero attached hydrogens (tertiary/aromatic N) is 3. The van der Waals surface area contributed by atoms with Crippen LogP contribution in [0, 0.1) is 0 Å². The normalized spacial score (nSPS) is 13.1. The van der Waals surface area contributed by atoms with E-state index in [0.717, 1.165) is 0 Å². The van der Waals surface area contributed by atoms with Gasteiger partial charge in [-0.05, 0) is 17.7 Å². The highest BCUT2D eigenvalue weighted by atomic mass is 35.5. The minimum absolute atomic E-state index is 0.179. The molecular weight excluding hydrogens is 206 g/mol. The molecule has 0 spiro atoms. The van der Waals surface area contributed by atoms with Gasteiger partial charge in [0, 0.05) is 12.6 Å². The number of hydrogen-bond acceptors (Lipinski definition) is 4. The predicted octanol–water partition coefficient (Wildman–Crippen LogP) is 1.14. The summed E-state index contributed by atoms with van der Waals surface area (Å²) in [6, 6.07) is 1.61. The molecule has 0 aliphatic rings. The molecule has 0 aliphatic carbocycles. The highest BCUT2D eigenvalue weighted by molar-refractivity contribution is 6.29. The second-order valence-corrected chi connectivity index (χ2v) is 3.18. The molecule has 2 heterocycles. The lowest BCUT2D eigenvalue weighted by molar-refractivity contribution is 0.209. The maximum absolute atomic E-state index is 9.89. The highest BCUT2D eigenvalue weighted by Gasteiger charge is 2.19. The van der Waals surface area contributed by atoms with Crippen molar-refractivity contribution >= 4 is 11.6 Å². The number of halogens is 1. The summed E-state index contributed by atoms with van der Waals surface area (Å²) < 4.78 is 6.36. The average Bonchev–Trinajstić information content (AvgIpc) is 2.73. The van der Waals surface area contributed by atoms with E-state index in [1.807, 2.05) is 0 Å². The van der Waals surface area contributed by atoms with E-state index in [-0.39, 0.29) is 5.22 Å². The van der Waals surface area contributed by atoms with Crippen molar-refractivity contribution in [2.24, 2.45) is 7.05 Å². The summed E-state index contributed by atoms with van der Waals surface area (Å²) in [5, 5.41) is 17.4. The first kappa shape index (κ1) is 9.23. The number of aliphatic hydroxyl groups excluding tert-OH is 1. The van der Waals surface area contributed by atoms with Gasteiger partial charge in [-0.15, -0.1) is 5.10 Å². The van der Waals surface area contributed by atoms with E-state index in [4.69, 9.17) is 16.0 Å². The first-order valence-corrected chi connectivity index (χ1v) is 4.33. The molecule has 0 bridgehead atoms. The Morgan fingerprint density at radius 2 is 2.43 bits per heavy atom. The van der Waals surface area contributed by atoms with Gasteiger partial charge in [-0.1, -0.05) is 5.21 Å². The summed E-state index contributed by atoms with van der Waals surface area (Å²) in [5.74, 6) is 0. The first-order chi connectivity index (χ1) is 6.70. The van der Waals surface area contributed by atoms with E-state index in [2.05, 4.69) is 10.3 Å². The highest BCUT2D eigenvalue weighted by Crippen LogP contribution is 2.27. The summed E-state index contributed by atoms with van der Waals surface area (Å²) in [6.07, 6.45) is 2.04. The molecule has 0 aromatic carbocycles. The minimum Gasteiger partial charge on any atom is -0.453 e. The van der Waals surface area contributed by atoms with Gasteiger partial charge in [-0.2, -0.15) is 0 Å². The van der Waals surface area contributed by atoms with Gasteiger partial charge >= 0.3 is 0 Å². The second-order valence-electron chi connectivity index (χ2n) is 2.83. The lowest BCUT2D eigenvalue weighted by atomic mass is 10.1. The van der Waals surface area contributed by atoms with Gasteiger partial charge in [0.2, 0.25) is 0 Å². The quantitative estimate of drug-likeness (QED) is 0.813. The van der Waals surface area contributed by atoms with Crippen LogP contribution in [0.1, 0.15) is 17.4 Å². The van der Waals surface area contributed by atoms with Crippen molar-refractivity contribution in [1.82, 2.24) is 15.0 Å². The molecule has 1 N–H and O–H groups in total. The van der Waals surface area contributed by atoms with Crippen molar-refractivity contribution in [1.29, 1.82) is 0 Å². The molecule has 0 saturated carbocycles. The molecule has 5 nitrogen and oxygen atoms in total. The third-order valence-electron chi connectivity index (χ3n) is 1.97. The van der Waals surface area contributed by atoms with Crippen LogP contribution >= 0.6 is 11.6 Å². The standard InChI is InChI=1S/C8H8ClN3O2/c1-12-6(4-10-11-12)7(13)5-2-3-14-8(5)9/h2-4,7,13H,1H3. The van der Waals surface area contributed by atoms with E-state index < -0.39 is 6.10 Å². The molecule has 14 heavy (non-hydrogen) atoms. The Balaban J connectivity index is 2.38. The monoisotopic (exact) mass is 213 g/mol. The zero-order valence-corrected chi connectivity index (χ0v) is 8.14. The molecule has 0 saturated heterocycles. The molecular formula is C8H8ClN3O2. The average molecular weight is 214 g/mol. The molecule has 1 unspecified atom stereocenters. The molecule has 74 valence electrons. The summed E-state index contributed by atoms with van der Waals surface area (Å²) in [4.78, 5) is 0. The van der Waals surface area contributed by atoms with Crippen molar-refractivity contribution in [3.8, 4) is 0 Å². The van der Waals surface area contributed by atoms with Crippen molar-refractivity contribution in [2.45, 2.75) is 6.10 Å². The number of aryl methyl sites for hydroxylation is 1. The third kappa shape index (κ3) is 1.40. The predicted molar refractivity (Wildman–Crippen MR) is 48.8 cm³/mol. The molecule has 2 aromatic heterocycles. The molecule has 0 radical (unpaired) electrons. The van der Waals surface area contributed by atoms with E-state index in [1.165, 1.54) is 17.1 Å². The fraction of sp³-hybridized carbons (Fsp3) is 0.250. The zero-order valence-electron chi connectivity index (χ0n) is 7.38. The van der Waals surface area contributed by atoms with E-state index in [1.54, 1.807) is 13.1 Å². The molecule has 0 fully saturated rings. The maximum Gasteiger partial charge on any atom is 0.199 e. The molecule has 1 atom stereocenters. The van der Waals surface area contributed by atoms with Crippen LogP contribution in [0.4, 0.5) is 0 Å². The van der Waals surface area contributed by atoms with Crippen LogP contribution in [0.15, 0.2) is 22.9 Å². The fourth-order valence-corrected chi connectivity index (χ4v) is 1.42. The van der Waals surface area contributed by atoms with Crippen molar-refractivity contribution in [2.75, 3.05) is 0 Å². The Bertz CT molecular complexity index is 397. The number of rotatable bonds is 2. The maximum atomic E-state index is 9.89. The Labute approximate surface area is 84.9 Å². The zero-order chi connectivity index (χ0) is 10.1. The number of hydrogen-bond donors (Lipinski definition) is 1. The largest absolute Gasteiger partial charge is 0.453 e. The van der Waals surface area contributed by atoms with Gasteiger partial charge in [-0.3, -0.25) is 0 Å². The van der Waals surface area contributed by atoms with Crippen LogP contribution in [-0.4, -0.2) is 20.1 Å². The molecule has 0 aliphatic heterocycles. The first-order valence-electron chi connectivity index (χ1n) is 3.95. The van der Waals surface area contributed by atoms with Gasteiger partial charge in [0.1, 0.15) is 6.10 Å². The Morgan fingerprint density at radius 1 is 1.64 bits per heavy atom. The molecule has 0 amide bonds. The van der Waals surface area contributed by atoms with Crippen LogP contribution in [0.5, 0.6) is 0 Å². The van der Waals surface area contributed by atoms with Crippen LogP contribution in [-0.2, 0) is 7.05 Å². The van der Waals surface area contributed by atoms with E-state index in [9.17, 15) is 5.11 Å². The lowest BCUT2D eigenvalue weighted by Gasteiger charge is -2.07. The van der Waals surface area contributed by atoms with E-state index >= 15 is 0 Å². The summed E-state index contributed by atoms with van der Waals surface area (Å²) >= 11 is 5.73. The van der Waals surface area contributed by atoms with Gasteiger partial charge in [0.05, 0.1) is 18.2 Å². The number of aliphatic hydroxyl groups is 1. The summed E-state index contributed by atoms with van der Waals surface area (Å²) in [7, 11) is 1.69. The van der Waals surface area contributed by atoms with Crippen LogP contribution in [0.25, 0.3) is 0 Å². The smallest absolute Gasteiger partial charge is 0.199 e. The lowest BCUT2D eigenvalue weighted by Crippen LogP contribution is -2.06. The minimum atomic E-state index is -0.860. The van der Waals surface area contributed by atoms with Crippen LogP contribution in [0.2, 0.25) is 5.22 Å². The molecule has 2 rings (SSSR count). The van der Waals surface area contributed by atoms with Crippen LogP contribution in [0.3, 0.4) is 0 Å². The van der Waals surface area contributed by atoms with E-state index in [0.29, 0.717) is 11.3 Å². The Morgan fingerprint density at radius 3 is 2.93 bits per heavy atom. The molecule has 6 heteroatoms. The number of furan rings is 1. The SMILES string of the molecule is Cn1nncc1C(O)c1ccoc1Cl. The van der Waals surface area contributed by atoms with Crippen molar-refractivity contribution in [3.05, 3.63) is 35.0 Å². The van der Waals surface area contributed by atoms with Gasteiger partial charge in [0.25, 0.3) is 0 Å². The van der Waals surface area contributed by atoms with Gasteiger partial charge < -0.3 is 9.52 Å².